The number of esters is 1. The third-order valence-corrected chi connectivity index (χ3v) is 6.12. The van der Waals surface area contributed by atoms with E-state index in [1.807, 2.05) is 6.07 Å². The second-order valence-electron chi connectivity index (χ2n) is 9.01. The van der Waals surface area contributed by atoms with Crippen molar-refractivity contribution >= 4 is 35.4 Å². The number of urea groups is 1. The van der Waals surface area contributed by atoms with Crippen molar-refractivity contribution in [3.63, 3.8) is 0 Å². The van der Waals surface area contributed by atoms with Crippen LogP contribution in [-0.2, 0) is 9.53 Å². The number of ether oxygens (including phenoxy) is 3. The Balaban J connectivity index is 1.73. The highest BCUT2D eigenvalue weighted by Gasteiger charge is 2.43. The van der Waals surface area contributed by atoms with Crippen LogP contribution in [0.25, 0.3) is 0 Å². The molecule has 3 rings (SSSR count). The van der Waals surface area contributed by atoms with Crippen molar-refractivity contribution in [2.45, 2.75) is 39.3 Å². The molecule has 0 N–H and O–H groups in total. The van der Waals surface area contributed by atoms with Crippen LogP contribution in [0.3, 0.4) is 0 Å². The number of nitrogens with zero attached hydrogens (tertiary/aromatic N) is 3. The minimum atomic E-state index is -0.781. The molecule has 2 aromatic carbocycles. The Morgan fingerprint density at radius 3 is 2.43 bits per heavy atom. The van der Waals surface area contributed by atoms with Gasteiger partial charge in [0.1, 0.15) is 17.4 Å². The second kappa shape index (κ2) is 12.6. The van der Waals surface area contributed by atoms with Crippen LogP contribution in [0.2, 0.25) is 5.02 Å². The molecule has 37 heavy (non-hydrogen) atoms. The summed E-state index contributed by atoms with van der Waals surface area (Å²) >= 11 is 6.25. The Bertz CT molecular complexity index is 1150. The SMILES string of the molecule is COc1ccc(OC(=O)N(C)CCCN2C(=O)N=C(C)C(C(=O)OC(C)C)C2c2cccc(Cl)c2)cc1. The van der Waals surface area contributed by atoms with Gasteiger partial charge in [0.2, 0.25) is 0 Å². The van der Waals surface area contributed by atoms with E-state index in [9.17, 15) is 14.4 Å². The van der Waals surface area contributed by atoms with Crippen molar-refractivity contribution in [2.24, 2.45) is 10.9 Å². The molecule has 0 aromatic heterocycles. The van der Waals surface area contributed by atoms with Crippen LogP contribution < -0.4 is 9.47 Å². The summed E-state index contributed by atoms with van der Waals surface area (Å²) in [4.78, 5) is 45.7. The number of hydrogen-bond donors (Lipinski definition) is 0. The highest BCUT2D eigenvalue weighted by molar-refractivity contribution is 6.30. The Labute approximate surface area is 222 Å². The van der Waals surface area contributed by atoms with Crippen molar-refractivity contribution in [3.05, 3.63) is 59.1 Å². The van der Waals surface area contributed by atoms with Crippen molar-refractivity contribution < 1.29 is 28.6 Å². The highest BCUT2D eigenvalue weighted by Crippen LogP contribution is 2.36. The van der Waals surface area contributed by atoms with Gasteiger partial charge in [-0.1, -0.05) is 23.7 Å². The van der Waals surface area contributed by atoms with Gasteiger partial charge in [0, 0.05) is 30.9 Å². The lowest BCUT2D eigenvalue weighted by atomic mass is 9.86. The van der Waals surface area contributed by atoms with E-state index in [1.165, 1.54) is 9.80 Å². The van der Waals surface area contributed by atoms with Crippen LogP contribution in [0.4, 0.5) is 9.59 Å². The lowest BCUT2D eigenvalue weighted by molar-refractivity contribution is -0.151. The molecule has 9 nitrogen and oxygen atoms in total. The first kappa shape index (κ1) is 28.0. The number of amides is 3. The van der Waals surface area contributed by atoms with Crippen LogP contribution in [0.15, 0.2) is 53.5 Å². The maximum Gasteiger partial charge on any atom is 0.414 e. The fourth-order valence-corrected chi connectivity index (χ4v) is 4.31. The van der Waals surface area contributed by atoms with E-state index in [-0.39, 0.29) is 12.6 Å². The number of rotatable bonds is 9. The smallest absolute Gasteiger partial charge is 0.414 e. The highest BCUT2D eigenvalue weighted by atomic mass is 35.5. The average Bonchev–Trinajstić information content (AvgIpc) is 2.84. The number of carbonyl (C=O) groups is 3. The van der Waals surface area contributed by atoms with Crippen molar-refractivity contribution in [2.75, 3.05) is 27.2 Å². The van der Waals surface area contributed by atoms with Crippen molar-refractivity contribution in [3.8, 4) is 11.5 Å². The van der Waals surface area contributed by atoms with Gasteiger partial charge < -0.3 is 24.0 Å². The monoisotopic (exact) mass is 529 g/mol. The molecule has 10 heteroatoms. The summed E-state index contributed by atoms with van der Waals surface area (Å²) in [6.07, 6.45) is -0.428. The molecule has 0 spiro atoms. The van der Waals surface area contributed by atoms with Gasteiger partial charge in [-0.15, -0.1) is 0 Å². The number of methoxy groups -OCH3 is 1. The lowest BCUT2D eigenvalue weighted by Crippen LogP contribution is -2.48. The van der Waals surface area contributed by atoms with E-state index in [1.54, 1.807) is 77.4 Å². The van der Waals surface area contributed by atoms with E-state index in [4.69, 9.17) is 25.8 Å². The van der Waals surface area contributed by atoms with Crippen LogP contribution in [0.1, 0.15) is 38.8 Å². The summed E-state index contributed by atoms with van der Waals surface area (Å²) in [5, 5.41) is 0.488. The van der Waals surface area contributed by atoms with Gasteiger partial charge in [0.25, 0.3) is 0 Å². The van der Waals surface area contributed by atoms with Gasteiger partial charge in [0.05, 0.1) is 19.3 Å². The van der Waals surface area contributed by atoms with E-state index >= 15 is 0 Å². The summed E-state index contributed by atoms with van der Waals surface area (Å²) < 4.78 is 16.0. The van der Waals surface area contributed by atoms with Gasteiger partial charge in [0.15, 0.2) is 0 Å². The Morgan fingerprint density at radius 2 is 1.81 bits per heavy atom. The fraction of sp³-hybridized carbons (Fsp3) is 0.407. The number of carbonyl (C=O) groups excluding carboxylic acids is 3. The molecule has 2 unspecified atom stereocenters. The Kier molecular flexibility index (Phi) is 9.52. The summed E-state index contributed by atoms with van der Waals surface area (Å²) in [5.41, 5.74) is 1.09. The standard InChI is InChI=1S/C27H32ClN3O6/c1-17(2)36-25(32)23-18(3)29-26(33)31(24(23)19-8-6-9-20(28)16-19)15-7-14-30(4)27(34)37-22-12-10-21(35-5)11-13-22/h6,8-13,16-17,23-24H,7,14-15H2,1-5H3. The van der Waals surface area contributed by atoms with E-state index in [0.717, 1.165) is 0 Å². The average molecular weight is 530 g/mol. The van der Waals surface area contributed by atoms with E-state index < -0.39 is 30.1 Å². The zero-order chi connectivity index (χ0) is 27.1. The normalized spacial score (nSPS) is 17.3. The fourth-order valence-electron chi connectivity index (χ4n) is 4.11. The Morgan fingerprint density at radius 1 is 1.14 bits per heavy atom. The van der Waals surface area contributed by atoms with Crippen LogP contribution in [0.5, 0.6) is 11.5 Å². The number of hydrogen-bond acceptors (Lipinski definition) is 6. The minimum absolute atomic E-state index is 0.248. The zero-order valence-corrected chi connectivity index (χ0v) is 22.4. The lowest BCUT2D eigenvalue weighted by Gasteiger charge is -2.39. The molecule has 0 saturated heterocycles. The van der Waals surface area contributed by atoms with E-state index in [0.29, 0.717) is 40.8 Å². The van der Waals surface area contributed by atoms with Crippen LogP contribution >= 0.6 is 11.6 Å². The second-order valence-corrected chi connectivity index (χ2v) is 9.45. The van der Waals surface area contributed by atoms with Crippen LogP contribution in [0, 0.1) is 5.92 Å². The van der Waals surface area contributed by atoms with Crippen molar-refractivity contribution in [1.82, 2.24) is 9.80 Å². The molecule has 0 saturated carbocycles. The third kappa shape index (κ3) is 7.22. The predicted octanol–water partition coefficient (Wildman–Crippen LogP) is 5.37. The molecule has 198 valence electrons. The summed E-state index contributed by atoms with van der Waals surface area (Å²) in [7, 11) is 3.17. The summed E-state index contributed by atoms with van der Waals surface area (Å²) in [6.45, 7) is 5.75. The maximum atomic E-state index is 13.1. The molecule has 3 amide bonds. The van der Waals surface area contributed by atoms with Gasteiger partial charge in [-0.3, -0.25) is 4.79 Å². The zero-order valence-electron chi connectivity index (χ0n) is 21.6. The van der Waals surface area contributed by atoms with Gasteiger partial charge >= 0.3 is 18.1 Å². The van der Waals surface area contributed by atoms with Gasteiger partial charge in [-0.25, -0.2) is 14.6 Å². The number of halogens is 1. The van der Waals surface area contributed by atoms with Crippen LogP contribution in [-0.4, -0.2) is 67.0 Å². The molecule has 1 heterocycles. The molecule has 2 atom stereocenters. The summed E-state index contributed by atoms with van der Waals surface area (Å²) in [6, 6.07) is 12.6. The van der Waals surface area contributed by atoms with Gasteiger partial charge in [-0.2, -0.15) is 0 Å². The maximum absolute atomic E-state index is 13.1. The quantitative estimate of drug-likeness (QED) is 0.405. The van der Waals surface area contributed by atoms with E-state index in [2.05, 4.69) is 4.99 Å². The predicted molar refractivity (Wildman–Crippen MR) is 140 cm³/mol. The first-order valence-corrected chi connectivity index (χ1v) is 12.4. The molecule has 0 radical (unpaired) electrons. The minimum Gasteiger partial charge on any atom is -0.497 e. The molecule has 1 aliphatic heterocycles. The first-order chi connectivity index (χ1) is 17.6. The largest absolute Gasteiger partial charge is 0.497 e. The molecule has 0 fully saturated rings. The summed E-state index contributed by atoms with van der Waals surface area (Å²) in [5.74, 6) is -0.196. The molecule has 1 aliphatic rings. The first-order valence-electron chi connectivity index (χ1n) is 12.0. The van der Waals surface area contributed by atoms with Crippen molar-refractivity contribution in [1.29, 1.82) is 0 Å². The van der Waals surface area contributed by atoms with Gasteiger partial charge in [-0.05, 0) is 69.2 Å². The number of benzene rings is 2. The third-order valence-electron chi connectivity index (χ3n) is 5.88. The topological polar surface area (TPSA) is 97.7 Å². The molecular weight excluding hydrogens is 498 g/mol. The molecule has 0 bridgehead atoms. The number of aliphatic imine (C=N–C) groups is 1. The molecular formula is C27H32ClN3O6. The molecule has 0 aliphatic carbocycles. The Hall–Kier alpha value is -3.59. The molecule has 2 aromatic rings.